The lowest BCUT2D eigenvalue weighted by molar-refractivity contribution is -0.0868. The lowest BCUT2D eigenvalue weighted by Crippen LogP contribution is -2.15. The third kappa shape index (κ3) is 1.63. The van der Waals surface area contributed by atoms with Gasteiger partial charge in [0, 0.05) is 13.5 Å². The molecule has 0 spiro atoms. The molecule has 1 atom stereocenters. The van der Waals surface area contributed by atoms with Gasteiger partial charge < -0.3 is 0 Å². The molecule has 1 aromatic rings. The van der Waals surface area contributed by atoms with Crippen LogP contribution in [0.15, 0.2) is 24.3 Å². The molecule has 2 rings (SSSR count). The van der Waals surface area contributed by atoms with Gasteiger partial charge in [-0.15, -0.1) is 0 Å². The van der Waals surface area contributed by atoms with Crippen LogP contribution >= 0.6 is 0 Å². The van der Waals surface area contributed by atoms with Gasteiger partial charge in [-0.05, 0) is 17.7 Å². The summed E-state index contributed by atoms with van der Waals surface area (Å²) in [6.07, 6.45) is 0.891. The SMILES string of the molecule is CN1O[CH]C[C@H]1c1ccc(C#N)cc1. The van der Waals surface area contributed by atoms with E-state index in [4.69, 9.17) is 10.1 Å². The van der Waals surface area contributed by atoms with Gasteiger partial charge in [0.25, 0.3) is 0 Å². The predicted octanol–water partition coefficient (Wildman–Crippen LogP) is 2.03. The van der Waals surface area contributed by atoms with Crippen molar-refractivity contribution in [1.82, 2.24) is 5.06 Å². The molecule has 1 heterocycles. The molecule has 0 bridgehead atoms. The van der Waals surface area contributed by atoms with E-state index in [1.807, 2.05) is 36.4 Å². The van der Waals surface area contributed by atoms with Crippen molar-refractivity contribution in [2.45, 2.75) is 12.5 Å². The van der Waals surface area contributed by atoms with Crippen LogP contribution in [0.3, 0.4) is 0 Å². The topological polar surface area (TPSA) is 36.3 Å². The van der Waals surface area contributed by atoms with Crippen molar-refractivity contribution in [2.75, 3.05) is 7.05 Å². The van der Waals surface area contributed by atoms with Gasteiger partial charge in [-0.2, -0.15) is 10.3 Å². The van der Waals surface area contributed by atoms with E-state index in [0.717, 1.165) is 6.42 Å². The Labute approximate surface area is 83.5 Å². The lowest BCUT2D eigenvalue weighted by Gasteiger charge is -2.17. The van der Waals surface area contributed by atoms with E-state index in [2.05, 4.69) is 6.07 Å². The van der Waals surface area contributed by atoms with Gasteiger partial charge in [0.1, 0.15) is 6.61 Å². The zero-order chi connectivity index (χ0) is 9.97. The predicted molar refractivity (Wildman–Crippen MR) is 51.7 cm³/mol. The summed E-state index contributed by atoms with van der Waals surface area (Å²) >= 11 is 0. The van der Waals surface area contributed by atoms with Gasteiger partial charge in [0.15, 0.2) is 0 Å². The zero-order valence-electron chi connectivity index (χ0n) is 7.97. The molecule has 1 saturated heterocycles. The number of hydroxylamine groups is 2. The third-order valence-electron chi connectivity index (χ3n) is 2.42. The molecule has 1 radical (unpaired) electrons. The van der Waals surface area contributed by atoms with Crippen LogP contribution in [0.5, 0.6) is 0 Å². The van der Waals surface area contributed by atoms with E-state index >= 15 is 0 Å². The van der Waals surface area contributed by atoms with Crippen molar-refractivity contribution in [2.24, 2.45) is 0 Å². The maximum Gasteiger partial charge on any atom is 0.109 e. The molecule has 1 fully saturated rings. The van der Waals surface area contributed by atoms with E-state index in [-0.39, 0.29) is 6.04 Å². The number of nitriles is 1. The minimum Gasteiger partial charge on any atom is -0.292 e. The number of hydrogen-bond acceptors (Lipinski definition) is 3. The van der Waals surface area contributed by atoms with Crippen LogP contribution < -0.4 is 0 Å². The first kappa shape index (κ1) is 9.20. The van der Waals surface area contributed by atoms with Crippen LogP contribution in [0.2, 0.25) is 0 Å². The molecule has 1 aliphatic rings. The Morgan fingerprint density at radius 3 is 2.64 bits per heavy atom. The molecular weight excluding hydrogens is 176 g/mol. The third-order valence-corrected chi connectivity index (χ3v) is 2.42. The van der Waals surface area contributed by atoms with Crippen molar-refractivity contribution in [3.8, 4) is 6.07 Å². The molecule has 14 heavy (non-hydrogen) atoms. The van der Waals surface area contributed by atoms with Crippen molar-refractivity contribution >= 4 is 0 Å². The van der Waals surface area contributed by atoms with Crippen LogP contribution in [0, 0.1) is 17.9 Å². The second-order valence-electron chi connectivity index (χ2n) is 3.30. The maximum atomic E-state index is 8.65. The van der Waals surface area contributed by atoms with Crippen LogP contribution in [0.4, 0.5) is 0 Å². The summed E-state index contributed by atoms with van der Waals surface area (Å²) in [5, 5.41) is 10.5. The van der Waals surface area contributed by atoms with Crippen LogP contribution in [-0.4, -0.2) is 12.1 Å². The second kappa shape index (κ2) is 3.79. The zero-order valence-corrected chi connectivity index (χ0v) is 7.97. The number of hydrogen-bond donors (Lipinski definition) is 0. The first-order valence-corrected chi connectivity index (χ1v) is 4.52. The summed E-state index contributed by atoms with van der Waals surface area (Å²) in [4.78, 5) is 5.22. The fourth-order valence-electron chi connectivity index (χ4n) is 1.60. The fraction of sp³-hybridized carbons (Fsp3) is 0.273. The smallest absolute Gasteiger partial charge is 0.109 e. The Kier molecular flexibility index (Phi) is 2.49. The first-order chi connectivity index (χ1) is 6.81. The van der Waals surface area contributed by atoms with E-state index in [0.29, 0.717) is 5.56 Å². The van der Waals surface area contributed by atoms with E-state index in [1.165, 1.54) is 5.56 Å². The molecule has 71 valence electrons. The number of rotatable bonds is 1. The van der Waals surface area contributed by atoms with Gasteiger partial charge >= 0.3 is 0 Å². The van der Waals surface area contributed by atoms with Crippen molar-refractivity contribution in [3.63, 3.8) is 0 Å². The van der Waals surface area contributed by atoms with Crippen molar-refractivity contribution in [1.29, 1.82) is 5.26 Å². The van der Waals surface area contributed by atoms with E-state index in [1.54, 1.807) is 6.61 Å². The van der Waals surface area contributed by atoms with Crippen molar-refractivity contribution < 1.29 is 4.84 Å². The van der Waals surface area contributed by atoms with Gasteiger partial charge in [-0.3, -0.25) is 4.84 Å². The van der Waals surface area contributed by atoms with E-state index < -0.39 is 0 Å². The van der Waals surface area contributed by atoms with Crippen LogP contribution in [0.1, 0.15) is 23.6 Å². The average Bonchev–Trinajstić information content (AvgIpc) is 2.65. The number of benzene rings is 1. The van der Waals surface area contributed by atoms with Crippen LogP contribution in [-0.2, 0) is 4.84 Å². The molecule has 0 saturated carbocycles. The fourth-order valence-corrected chi connectivity index (χ4v) is 1.60. The summed E-state index contributed by atoms with van der Waals surface area (Å²) in [5.74, 6) is 0. The van der Waals surface area contributed by atoms with Gasteiger partial charge in [0.05, 0.1) is 17.7 Å². The minimum atomic E-state index is 0.280. The second-order valence-corrected chi connectivity index (χ2v) is 3.30. The molecule has 3 nitrogen and oxygen atoms in total. The summed E-state index contributed by atoms with van der Waals surface area (Å²) < 4.78 is 0. The molecule has 1 aliphatic heterocycles. The Morgan fingerprint density at radius 2 is 2.14 bits per heavy atom. The molecule has 3 heteroatoms. The van der Waals surface area contributed by atoms with Gasteiger partial charge in [0.2, 0.25) is 0 Å². The quantitative estimate of drug-likeness (QED) is 0.675. The molecule has 0 aromatic heterocycles. The highest BCUT2D eigenvalue weighted by atomic mass is 16.7. The Hall–Kier alpha value is -1.37. The molecule has 0 N–H and O–H groups in total. The summed E-state index contributed by atoms with van der Waals surface area (Å²) in [7, 11) is 1.91. The maximum absolute atomic E-state index is 8.65. The average molecular weight is 187 g/mol. The summed E-state index contributed by atoms with van der Waals surface area (Å²) in [6.45, 7) is 1.79. The Morgan fingerprint density at radius 1 is 1.43 bits per heavy atom. The highest BCUT2D eigenvalue weighted by Crippen LogP contribution is 2.30. The van der Waals surface area contributed by atoms with Crippen LogP contribution in [0.25, 0.3) is 0 Å². The normalized spacial score (nSPS) is 22.1. The molecule has 0 aliphatic carbocycles. The van der Waals surface area contributed by atoms with Gasteiger partial charge in [-0.25, -0.2) is 0 Å². The number of nitrogens with zero attached hydrogens (tertiary/aromatic N) is 2. The standard InChI is InChI=1S/C11H11N2O/c1-13-11(6-7-14-13)10-4-2-9(8-12)3-5-10/h2-5,7,11H,6H2,1H3/t11-/m0/s1. The highest BCUT2D eigenvalue weighted by Gasteiger charge is 2.23. The first-order valence-electron chi connectivity index (χ1n) is 4.52. The van der Waals surface area contributed by atoms with Crippen molar-refractivity contribution in [3.05, 3.63) is 42.0 Å². The van der Waals surface area contributed by atoms with E-state index in [9.17, 15) is 0 Å². The molecule has 0 amide bonds. The molecular formula is C11H11N2O. The Balaban J connectivity index is 2.21. The molecule has 0 unspecified atom stereocenters. The lowest BCUT2D eigenvalue weighted by atomic mass is 10.0. The molecule has 1 aromatic carbocycles. The largest absolute Gasteiger partial charge is 0.292 e. The monoisotopic (exact) mass is 187 g/mol. The minimum absolute atomic E-state index is 0.280. The summed E-state index contributed by atoms with van der Waals surface area (Å²) in [5.41, 5.74) is 1.87. The Bertz CT molecular complexity index is 353. The van der Waals surface area contributed by atoms with Gasteiger partial charge in [-0.1, -0.05) is 12.1 Å². The summed E-state index contributed by atoms with van der Waals surface area (Å²) in [6, 6.07) is 10.0. The highest BCUT2D eigenvalue weighted by molar-refractivity contribution is 5.33.